The zero-order valence-electron chi connectivity index (χ0n) is 12.0. The van der Waals surface area contributed by atoms with Crippen molar-refractivity contribution in [3.05, 3.63) is 58.1 Å². The van der Waals surface area contributed by atoms with Crippen LogP contribution in [-0.2, 0) is 9.53 Å². The molecule has 2 aromatic rings. The maximum Gasteiger partial charge on any atom is 0.342 e. The van der Waals surface area contributed by atoms with E-state index in [-0.39, 0.29) is 16.3 Å². The Morgan fingerprint density at radius 1 is 1.13 bits per heavy atom. The van der Waals surface area contributed by atoms with Crippen LogP contribution in [-0.4, -0.2) is 23.1 Å². The molecule has 120 valence electrons. The van der Waals surface area contributed by atoms with Gasteiger partial charge in [0.05, 0.1) is 15.7 Å². The predicted molar refractivity (Wildman–Crippen MR) is 88.1 cm³/mol. The minimum absolute atomic E-state index is 0.0204. The molecule has 0 unspecified atom stereocenters. The second-order valence-electron chi connectivity index (χ2n) is 4.66. The average Bonchev–Trinajstić information content (AvgIpc) is 2.52. The molecule has 0 aromatic heterocycles. The van der Waals surface area contributed by atoms with Gasteiger partial charge in [-0.1, -0.05) is 41.4 Å². The average molecular weight is 354 g/mol. The Balaban J connectivity index is 2.04. The summed E-state index contributed by atoms with van der Waals surface area (Å²) in [6, 6.07) is 10.7. The maximum absolute atomic E-state index is 12.1. The molecule has 0 radical (unpaired) electrons. The number of nitrogens with one attached hydrogen (secondary N) is 1. The Hall–Kier alpha value is -2.24. The van der Waals surface area contributed by atoms with E-state index in [1.54, 1.807) is 30.3 Å². The number of halogens is 2. The molecule has 0 fully saturated rings. The monoisotopic (exact) mass is 353 g/mol. The molecule has 0 aliphatic rings. The van der Waals surface area contributed by atoms with Crippen molar-refractivity contribution in [1.29, 1.82) is 0 Å². The molecule has 2 rings (SSSR count). The van der Waals surface area contributed by atoms with E-state index < -0.39 is 18.0 Å². The highest BCUT2D eigenvalue weighted by Crippen LogP contribution is 2.29. The number of ether oxygens (including phenoxy) is 1. The van der Waals surface area contributed by atoms with Gasteiger partial charge in [0, 0.05) is 0 Å². The number of aromatic hydroxyl groups is 1. The van der Waals surface area contributed by atoms with Gasteiger partial charge in [-0.25, -0.2) is 4.79 Å². The highest BCUT2D eigenvalue weighted by molar-refractivity contribution is 6.44. The predicted octanol–water partition coefficient (Wildman–Crippen LogP) is 3.88. The van der Waals surface area contributed by atoms with Crippen LogP contribution >= 0.6 is 23.2 Å². The summed E-state index contributed by atoms with van der Waals surface area (Å²) >= 11 is 11.8. The first-order valence-corrected chi connectivity index (χ1v) is 7.39. The molecule has 0 spiro atoms. The van der Waals surface area contributed by atoms with Gasteiger partial charge >= 0.3 is 5.97 Å². The lowest BCUT2D eigenvalue weighted by Gasteiger charge is -2.15. The summed E-state index contributed by atoms with van der Waals surface area (Å²) in [7, 11) is 0. The molecule has 0 heterocycles. The number of rotatable bonds is 4. The highest BCUT2D eigenvalue weighted by atomic mass is 35.5. The Morgan fingerprint density at radius 2 is 1.83 bits per heavy atom. The topological polar surface area (TPSA) is 75.6 Å². The van der Waals surface area contributed by atoms with Crippen LogP contribution in [0.1, 0.15) is 17.3 Å². The first-order valence-electron chi connectivity index (χ1n) is 6.64. The largest absolute Gasteiger partial charge is 0.507 e. The van der Waals surface area contributed by atoms with Crippen molar-refractivity contribution in [2.24, 2.45) is 0 Å². The smallest absolute Gasteiger partial charge is 0.342 e. The van der Waals surface area contributed by atoms with E-state index in [2.05, 4.69) is 5.32 Å². The van der Waals surface area contributed by atoms with Crippen molar-refractivity contribution in [3.8, 4) is 5.75 Å². The Morgan fingerprint density at radius 3 is 2.52 bits per heavy atom. The first-order chi connectivity index (χ1) is 10.9. The van der Waals surface area contributed by atoms with Gasteiger partial charge in [0.15, 0.2) is 6.10 Å². The molecule has 1 atom stereocenters. The molecule has 5 nitrogen and oxygen atoms in total. The minimum Gasteiger partial charge on any atom is -0.507 e. The number of benzene rings is 2. The fourth-order valence-corrected chi connectivity index (χ4v) is 2.11. The lowest BCUT2D eigenvalue weighted by Crippen LogP contribution is -2.30. The van der Waals surface area contributed by atoms with E-state index >= 15 is 0 Å². The number of carbonyl (C=O) groups is 2. The molecule has 0 saturated carbocycles. The van der Waals surface area contributed by atoms with E-state index in [1.165, 1.54) is 19.1 Å². The van der Waals surface area contributed by atoms with Crippen LogP contribution in [0.2, 0.25) is 10.0 Å². The quantitative estimate of drug-likeness (QED) is 0.817. The van der Waals surface area contributed by atoms with Gasteiger partial charge in [0.25, 0.3) is 5.91 Å². The Bertz CT molecular complexity index is 749. The first kappa shape index (κ1) is 17.1. The van der Waals surface area contributed by atoms with Crippen LogP contribution < -0.4 is 5.32 Å². The molecule has 7 heteroatoms. The normalized spacial score (nSPS) is 11.6. The standard InChI is InChI=1S/C16H13Cl2NO4/c1-9(23-16(22)10-5-2-3-8-13(10)20)15(21)19-12-7-4-6-11(17)14(12)18/h2-9,20H,1H3,(H,19,21)/t9-/m1/s1. The molecule has 0 saturated heterocycles. The Kier molecular flexibility index (Phi) is 5.47. The van der Waals surface area contributed by atoms with E-state index in [0.717, 1.165) is 0 Å². The Labute approximate surface area is 142 Å². The van der Waals surface area contributed by atoms with Crippen LogP contribution in [0, 0.1) is 0 Å². The number of amides is 1. The van der Waals surface area contributed by atoms with Crippen LogP contribution in [0.3, 0.4) is 0 Å². The fraction of sp³-hybridized carbons (Fsp3) is 0.125. The lowest BCUT2D eigenvalue weighted by atomic mass is 10.2. The number of anilines is 1. The van der Waals surface area contributed by atoms with Gasteiger partial charge in [0.1, 0.15) is 11.3 Å². The molecule has 0 aliphatic heterocycles. The highest BCUT2D eigenvalue weighted by Gasteiger charge is 2.21. The van der Waals surface area contributed by atoms with Crippen molar-refractivity contribution >= 4 is 40.8 Å². The third kappa shape index (κ3) is 4.15. The third-order valence-corrected chi connectivity index (χ3v) is 3.81. The fourth-order valence-electron chi connectivity index (χ4n) is 1.76. The van der Waals surface area contributed by atoms with E-state index in [1.807, 2.05) is 0 Å². The van der Waals surface area contributed by atoms with Gasteiger partial charge in [-0.3, -0.25) is 4.79 Å². The van der Waals surface area contributed by atoms with Crippen molar-refractivity contribution in [1.82, 2.24) is 0 Å². The van der Waals surface area contributed by atoms with Crippen LogP contribution in [0.25, 0.3) is 0 Å². The van der Waals surface area contributed by atoms with Gasteiger partial charge in [-0.2, -0.15) is 0 Å². The summed E-state index contributed by atoms with van der Waals surface area (Å²) in [5.74, 6) is -1.59. The zero-order chi connectivity index (χ0) is 17.0. The molecule has 0 aliphatic carbocycles. The SMILES string of the molecule is C[C@@H](OC(=O)c1ccccc1O)C(=O)Nc1cccc(Cl)c1Cl. The molecule has 2 N–H and O–H groups in total. The number of phenolic OH excluding ortho intramolecular Hbond substituents is 1. The van der Waals surface area contributed by atoms with Crippen molar-refractivity contribution in [3.63, 3.8) is 0 Å². The summed E-state index contributed by atoms with van der Waals surface area (Å²) < 4.78 is 5.03. The molecular formula is C16H13Cl2NO4. The van der Waals surface area contributed by atoms with Crippen LogP contribution in [0.15, 0.2) is 42.5 Å². The summed E-state index contributed by atoms with van der Waals surface area (Å²) in [5.41, 5.74) is 0.294. The number of carbonyl (C=O) groups excluding carboxylic acids is 2. The number of phenols is 1. The van der Waals surface area contributed by atoms with Gasteiger partial charge in [-0.05, 0) is 31.2 Å². The number of esters is 1. The molecule has 2 aromatic carbocycles. The summed E-state index contributed by atoms with van der Waals surface area (Å²) in [6.45, 7) is 1.41. The summed E-state index contributed by atoms with van der Waals surface area (Å²) in [4.78, 5) is 24.0. The van der Waals surface area contributed by atoms with E-state index in [9.17, 15) is 14.7 Å². The van der Waals surface area contributed by atoms with Gasteiger partial charge < -0.3 is 15.2 Å². The second-order valence-corrected chi connectivity index (χ2v) is 5.44. The minimum atomic E-state index is -1.09. The van der Waals surface area contributed by atoms with E-state index in [0.29, 0.717) is 10.7 Å². The van der Waals surface area contributed by atoms with Crippen molar-refractivity contribution < 1.29 is 19.4 Å². The van der Waals surface area contributed by atoms with Crippen LogP contribution in [0.5, 0.6) is 5.75 Å². The maximum atomic E-state index is 12.1. The summed E-state index contributed by atoms with van der Waals surface area (Å²) in [6.07, 6.45) is -1.09. The van der Waals surface area contributed by atoms with Crippen molar-refractivity contribution in [2.45, 2.75) is 13.0 Å². The molecular weight excluding hydrogens is 341 g/mol. The van der Waals surface area contributed by atoms with Crippen molar-refractivity contribution in [2.75, 3.05) is 5.32 Å². The molecule has 1 amide bonds. The lowest BCUT2D eigenvalue weighted by molar-refractivity contribution is -0.123. The van der Waals surface area contributed by atoms with Crippen LogP contribution in [0.4, 0.5) is 5.69 Å². The number of hydrogen-bond acceptors (Lipinski definition) is 4. The third-order valence-electron chi connectivity index (χ3n) is 2.99. The molecule has 0 bridgehead atoms. The number of para-hydroxylation sites is 1. The van der Waals surface area contributed by atoms with E-state index in [4.69, 9.17) is 27.9 Å². The summed E-state index contributed by atoms with van der Waals surface area (Å²) in [5, 5.41) is 12.6. The zero-order valence-corrected chi connectivity index (χ0v) is 13.6. The molecule has 23 heavy (non-hydrogen) atoms. The van der Waals surface area contributed by atoms with Gasteiger partial charge in [-0.15, -0.1) is 0 Å². The second kappa shape index (κ2) is 7.35. The number of hydrogen-bond donors (Lipinski definition) is 2. The van der Waals surface area contributed by atoms with Gasteiger partial charge in [0.2, 0.25) is 0 Å².